The molecule has 1 saturated heterocycles. The highest BCUT2D eigenvalue weighted by atomic mass is 32.2. The van der Waals surface area contributed by atoms with Crippen LogP contribution in [0.5, 0.6) is 0 Å². The van der Waals surface area contributed by atoms with Gasteiger partial charge in [-0.1, -0.05) is 6.92 Å². The number of piperazine rings is 1. The molecule has 0 radical (unpaired) electrons. The van der Waals surface area contributed by atoms with E-state index in [0.717, 1.165) is 16.8 Å². The zero-order valence-corrected chi connectivity index (χ0v) is 15.7. The van der Waals surface area contributed by atoms with Crippen LogP contribution in [0, 0.1) is 0 Å². The average Bonchev–Trinajstić information content (AvgIpc) is 2.61. The van der Waals surface area contributed by atoms with Crippen LogP contribution >= 0.6 is 0 Å². The lowest BCUT2D eigenvalue weighted by Crippen LogP contribution is -2.48. The first kappa shape index (κ1) is 18.3. The summed E-state index contributed by atoms with van der Waals surface area (Å²) in [7, 11) is -3.19. The maximum absolute atomic E-state index is 11.7. The first-order valence-corrected chi connectivity index (χ1v) is 10.2. The van der Waals surface area contributed by atoms with Crippen molar-refractivity contribution < 1.29 is 8.42 Å². The van der Waals surface area contributed by atoms with E-state index in [1.165, 1.54) is 10.6 Å². The highest BCUT2D eigenvalue weighted by molar-refractivity contribution is 7.88. The number of aromatic nitrogens is 3. The Labute approximate surface area is 153 Å². The number of sulfonamides is 1. The normalized spacial score (nSPS) is 16.0. The molecule has 0 unspecified atom stereocenters. The van der Waals surface area contributed by atoms with Gasteiger partial charge in [-0.2, -0.15) is 9.29 Å². The number of anilines is 3. The summed E-state index contributed by atoms with van der Waals surface area (Å²) in [6.45, 7) is 3.87. The van der Waals surface area contributed by atoms with Crippen molar-refractivity contribution in [2.75, 3.05) is 48.8 Å². The summed E-state index contributed by atoms with van der Waals surface area (Å²) in [6, 6.07) is 3.61. The summed E-state index contributed by atoms with van der Waals surface area (Å²) < 4.78 is 25.0. The van der Waals surface area contributed by atoms with Gasteiger partial charge in [0.05, 0.1) is 11.9 Å². The Morgan fingerprint density at radius 1 is 1.12 bits per heavy atom. The summed E-state index contributed by atoms with van der Waals surface area (Å²) >= 11 is 0. The minimum absolute atomic E-state index is 0.203. The molecule has 3 rings (SSSR count). The highest BCUT2D eigenvalue weighted by Gasteiger charge is 2.27. The fraction of sp³-hybridized carbons (Fsp3) is 0.438. The van der Waals surface area contributed by atoms with E-state index in [0.29, 0.717) is 44.2 Å². The molecule has 140 valence electrons. The Hall–Kier alpha value is -2.46. The number of nitrogen functional groups attached to an aromatic ring is 2. The van der Waals surface area contributed by atoms with Gasteiger partial charge in [0.25, 0.3) is 0 Å². The number of hydrogen-bond acceptors (Lipinski definition) is 8. The lowest BCUT2D eigenvalue weighted by molar-refractivity contribution is 0.387. The first-order chi connectivity index (χ1) is 12.3. The van der Waals surface area contributed by atoms with Crippen LogP contribution in [0.15, 0.2) is 18.3 Å². The Morgan fingerprint density at radius 2 is 1.81 bits per heavy atom. The standard InChI is InChI=1S/C16H23N7O2S/c1-3-12-14(11-4-5-13(17)19-10-11)15(21-16(18)20-12)22-6-8-23(9-7-22)26(2,24)25/h4-5,10H,3,6-9H2,1-2H3,(H2,17,19)(H2,18,20,21). The van der Waals surface area contributed by atoms with Crippen molar-refractivity contribution in [2.24, 2.45) is 0 Å². The number of nitrogens with zero attached hydrogens (tertiary/aromatic N) is 5. The zero-order chi connectivity index (χ0) is 18.9. The smallest absolute Gasteiger partial charge is 0.222 e. The fourth-order valence-electron chi connectivity index (χ4n) is 3.08. The molecule has 0 aromatic carbocycles. The first-order valence-electron chi connectivity index (χ1n) is 8.38. The van der Waals surface area contributed by atoms with Crippen LogP contribution in [0.3, 0.4) is 0 Å². The molecular weight excluding hydrogens is 354 g/mol. The average molecular weight is 377 g/mol. The number of aryl methyl sites for hydroxylation is 1. The van der Waals surface area contributed by atoms with E-state index >= 15 is 0 Å². The molecule has 26 heavy (non-hydrogen) atoms. The largest absolute Gasteiger partial charge is 0.384 e. The van der Waals surface area contributed by atoms with Gasteiger partial charge in [-0.15, -0.1) is 0 Å². The molecule has 4 N–H and O–H groups in total. The van der Waals surface area contributed by atoms with Crippen molar-refractivity contribution in [2.45, 2.75) is 13.3 Å². The number of nitrogens with two attached hydrogens (primary N) is 2. The van der Waals surface area contributed by atoms with E-state index in [1.807, 2.05) is 17.9 Å². The van der Waals surface area contributed by atoms with Crippen molar-refractivity contribution in [3.63, 3.8) is 0 Å². The van der Waals surface area contributed by atoms with Crippen molar-refractivity contribution >= 4 is 27.6 Å². The predicted molar refractivity (Wildman–Crippen MR) is 102 cm³/mol. The molecule has 1 fully saturated rings. The molecule has 0 saturated carbocycles. The number of pyridine rings is 1. The molecule has 1 aliphatic heterocycles. The third-order valence-corrected chi connectivity index (χ3v) is 5.70. The Morgan fingerprint density at radius 3 is 2.35 bits per heavy atom. The molecule has 0 amide bonds. The molecule has 1 aliphatic rings. The molecule has 0 atom stereocenters. The fourth-order valence-corrected chi connectivity index (χ4v) is 3.90. The summed E-state index contributed by atoms with van der Waals surface area (Å²) in [6.07, 6.45) is 3.61. The topological polar surface area (TPSA) is 131 Å². The number of rotatable bonds is 4. The van der Waals surface area contributed by atoms with E-state index in [9.17, 15) is 8.42 Å². The van der Waals surface area contributed by atoms with Crippen LogP contribution in [0.25, 0.3) is 11.1 Å². The van der Waals surface area contributed by atoms with Gasteiger partial charge in [0.2, 0.25) is 16.0 Å². The minimum Gasteiger partial charge on any atom is -0.384 e. The van der Waals surface area contributed by atoms with E-state index < -0.39 is 10.0 Å². The van der Waals surface area contributed by atoms with E-state index in [1.54, 1.807) is 12.3 Å². The lowest BCUT2D eigenvalue weighted by Gasteiger charge is -2.35. The Kier molecular flexibility index (Phi) is 4.97. The monoisotopic (exact) mass is 377 g/mol. The Balaban J connectivity index is 2.01. The van der Waals surface area contributed by atoms with Crippen LogP contribution < -0.4 is 16.4 Å². The molecule has 9 nitrogen and oxygen atoms in total. The maximum Gasteiger partial charge on any atom is 0.222 e. The lowest BCUT2D eigenvalue weighted by atomic mass is 10.0. The maximum atomic E-state index is 11.7. The number of hydrogen-bond donors (Lipinski definition) is 2. The zero-order valence-electron chi connectivity index (χ0n) is 14.9. The van der Waals surface area contributed by atoms with Crippen molar-refractivity contribution in [1.82, 2.24) is 19.3 Å². The van der Waals surface area contributed by atoms with Gasteiger partial charge < -0.3 is 16.4 Å². The summed E-state index contributed by atoms with van der Waals surface area (Å²) in [5.41, 5.74) is 14.2. The van der Waals surface area contributed by atoms with Gasteiger partial charge in [0.15, 0.2) is 0 Å². The minimum atomic E-state index is -3.19. The van der Waals surface area contributed by atoms with Crippen LogP contribution in [0.4, 0.5) is 17.6 Å². The van der Waals surface area contributed by atoms with Gasteiger partial charge in [-0.05, 0) is 18.6 Å². The van der Waals surface area contributed by atoms with E-state index in [2.05, 4.69) is 15.0 Å². The van der Waals surface area contributed by atoms with E-state index in [-0.39, 0.29) is 5.95 Å². The van der Waals surface area contributed by atoms with Gasteiger partial charge in [-0.3, -0.25) is 0 Å². The van der Waals surface area contributed by atoms with Crippen molar-refractivity contribution in [1.29, 1.82) is 0 Å². The van der Waals surface area contributed by atoms with Crippen LogP contribution in [-0.4, -0.2) is 60.1 Å². The molecule has 10 heteroatoms. The second-order valence-electron chi connectivity index (χ2n) is 6.20. The Bertz CT molecular complexity index is 892. The molecule has 2 aromatic rings. The predicted octanol–water partition coefficient (Wildman–Crippen LogP) is 0.347. The van der Waals surface area contributed by atoms with Crippen molar-refractivity contribution in [3.05, 3.63) is 24.0 Å². The third-order valence-electron chi connectivity index (χ3n) is 4.40. The molecule has 0 spiro atoms. The van der Waals surface area contributed by atoms with Crippen LogP contribution in [0.1, 0.15) is 12.6 Å². The second-order valence-corrected chi connectivity index (χ2v) is 8.18. The van der Waals surface area contributed by atoms with E-state index in [4.69, 9.17) is 11.5 Å². The van der Waals surface area contributed by atoms with Gasteiger partial charge in [-0.25, -0.2) is 18.4 Å². The van der Waals surface area contributed by atoms with Crippen LogP contribution in [-0.2, 0) is 16.4 Å². The quantitative estimate of drug-likeness (QED) is 0.780. The molecular formula is C16H23N7O2S. The molecule has 2 aromatic heterocycles. The van der Waals surface area contributed by atoms with Gasteiger partial charge in [0, 0.05) is 43.5 Å². The summed E-state index contributed by atoms with van der Waals surface area (Å²) in [5, 5.41) is 0. The second kappa shape index (κ2) is 7.04. The SMILES string of the molecule is CCc1nc(N)nc(N2CCN(S(C)(=O)=O)CC2)c1-c1ccc(N)nc1. The van der Waals surface area contributed by atoms with Gasteiger partial charge in [0.1, 0.15) is 11.6 Å². The summed E-state index contributed by atoms with van der Waals surface area (Å²) in [5.74, 6) is 1.34. The highest BCUT2D eigenvalue weighted by Crippen LogP contribution is 2.33. The summed E-state index contributed by atoms with van der Waals surface area (Å²) in [4.78, 5) is 15.0. The molecule has 3 heterocycles. The van der Waals surface area contributed by atoms with Gasteiger partial charge >= 0.3 is 0 Å². The molecule has 0 bridgehead atoms. The van der Waals surface area contributed by atoms with Crippen LogP contribution in [0.2, 0.25) is 0 Å². The third kappa shape index (κ3) is 3.70. The van der Waals surface area contributed by atoms with Crippen molar-refractivity contribution in [3.8, 4) is 11.1 Å². The molecule has 0 aliphatic carbocycles.